The van der Waals surface area contributed by atoms with Crippen molar-refractivity contribution in [3.63, 3.8) is 0 Å². The Balaban J connectivity index is 0.000000127. The van der Waals surface area contributed by atoms with E-state index >= 15 is 0 Å². The summed E-state index contributed by atoms with van der Waals surface area (Å²) >= 11 is 14.8. The molecule has 8 aromatic carbocycles. The van der Waals surface area contributed by atoms with E-state index in [4.69, 9.17) is 59.7 Å². The van der Waals surface area contributed by atoms with E-state index in [-0.39, 0.29) is 6.61 Å². The van der Waals surface area contributed by atoms with Crippen LogP contribution in [0.1, 0.15) is 76.6 Å². The Morgan fingerprint density at radius 3 is 1.16 bits per heavy atom. The average Bonchev–Trinajstić information content (AvgIpc) is 1.58. The van der Waals surface area contributed by atoms with Gasteiger partial charge in [0.15, 0.2) is 42.3 Å². The van der Waals surface area contributed by atoms with E-state index in [9.17, 15) is 38.7 Å². The average molecular weight is 2150 g/mol. The molecule has 6 aromatic heterocycles. The maximum absolute atomic E-state index is 11.1. The molecule has 0 bridgehead atoms. The lowest BCUT2D eigenvalue weighted by atomic mass is 10.1. The number of carboxylic acids is 7. The van der Waals surface area contributed by atoms with E-state index in [1.807, 2.05) is 163 Å². The molecule has 0 saturated heterocycles. The highest BCUT2D eigenvalue weighted by molar-refractivity contribution is 8.16. The van der Waals surface area contributed by atoms with Crippen LogP contribution in [0.15, 0.2) is 193 Å². The van der Waals surface area contributed by atoms with E-state index in [2.05, 4.69) is 114 Å². The zero-order valence-electron chi connectivity index (χ0n) is 80.0. The Bertz CT molecular complexity index is 7510. The van der Waals surface area contributed by atoms with Crippen molar-refractivity contribution >= 4 is 268 Å². The molecular weight excluding hydrogens is 2050 g/mol. The fraction of sp³-hybridized carbons (Fsp3) is 0.287. The molecule has 0 radical (unpaired) electrons. The number of carboxylic acid groups (broad SMARTS) is 7. The van der Waals surface area contributed by atoms with Gasteiger partial charge in [-0.05, 0) is 209 Å². The van der Waals surface area contributed by atoms with Crippen LogP contribution in [0.3, 0.4) is 0 Å². The summed E-state index contributed by atoms with van der Waals surface area (Å²) in [7, 11) is 14.6. The number of carbonyl (C=O) groups is 7. The number of hydrogen-bond acceptors (Lipinski definition) is 37. The largest absolute Gasteiger partial charge is 0.497 e. The van der Waals surface area contributed by atoms with Crippen molar-refractivity contribution in [2.75, 3.05) is 96.9 Å². The fourth-order valence-electron chi connectivity index (χ4n) is 15.3. The van der Waals surface area contributed by atoms with Gasteiger partial charge in [0, 0.05) is 75.1 Å². The number of benzene rings is 8. The van der Waals surface area contributed by atoms with Gasteiger partial charge in [0.2, 0.25) is 0 Å². The summed E-state index contributed by atoms with van der Waals surface area (Å²) in [6.45, 7) is 9.74. The summed E-state index contributed by atoms with van der Waals surface area (Å²) in [5, 5.41) is 84.9. The Hall–Kier alpha value is -12.6. The highest BCUT2D eigenvalue weighted by atomic mass is 32.2. The van der Waals surface area contributed by atoms with Crippen molar-refractivity contribution in [2.45, 2.75) is 89.7 Å². The summed E-state index contributed by atoms with van der Waals surface area (Å²) in [5.41, 5.74) is 16.3. The van der Waals surface area contributed by atoms with Gasteiger partial charge in [-0.25, -0.2) is 63.5 Å². The number of aliphatic hydroxyl groups is 1. The number of fused-ring (bicyclic) bond motifs is 7. The molecule has 34 nitrogen and oxygen atoms in total. The number of aryl methyl sites for hydroxylation is 4. The third kappa shape index (κ3) is 26.7. The summed E-state index contributed by atoms with van der Waals surface area (Å²) in [4.78, 5) is 138. The Labute approximate surface area is 872 Å². The van der Waals surface area contributed by atoms with E-state index in [1.54, 1.807) is 57.2 Å². The van der Waals surface area contributed by atoms with Crippen LogP contribution >= 0.6 is 116 Å². The second-order valence-electron chi connectivity index (χ2n) is 33.9. The molecular formula is C101H97N15O19S10. The van der Waals surface area contributed by atoms with E-state index in [1.165, 1.54) is 116 Å². The number of thioether (sulfide) groups is 7. The lowest BCUT2D eigenvalue weighted by molar-refractivity contribution is -0.138. The van der Waals surface area contributed by atoms with Gasteiger partial charge in [0.25, 0.3) is 0 Å². The van der Waals surface area contributed by atoms with Crippen LogP contribution in [0.5, 0.6) is 23.0 Å². The molecule has 44 heteroatoms. The number of methoxy groups -OCH3 is 4. The number of rotatable bonds is 23. The number of aliphatic carboxylic acids is 7. The number of aliphatic imine (C=N–C) groups is 7. The SMILES string of the molecule is COc1cc(CO)cc2sc(C3=N[C@@H](C(=O)O)CS3)nc12.COc1ccc2cc(C3=N[C@H](C(=O)O)CS3)ccc2c1.COc1ccc2nc(C3=N[C@@H](C(=O)O)CS3)cc(CN(C)C)c2c1.COc1ccc2nc(C3=N[C@H](C(=O)O)CS3)ccc2c1.Cc1cc(C)c2nc(C3=N[C@@H](C(=O)O)CS3)sc2c1.Cc1cc(CN(C)C)c2nc(C3=N[C@@H](C(=O)O)CS3)sc2c1.Cc1ccc2nc(C3=N[C@@H](C(=O)O)CS3)ccc2c1. The van der Waals surface area contributed by atoms with Crippen molar-refractivity contribution in [1.29, 1.82) is 0 Å². The number of ether oxygens (including phenoxy) is 4. The molecule has 0 amide bonds. The van der Waals surface area contributed by atoms with Gasteiger partial charge in [-0.1, -0.05) is 54.1 Å². The number of aromatic nitrogens is 6. The highest BCUT2D eigenvalue weighted by Crippen LogP contribution is 2.40. The van der Waals surface area contributed by atoms with Crippen molar-refractivity contribution < 1.29 is 93.4 Å². The highest BCUT2D eigenvalue weighted by Gasteiger charge is 2.34. The van der Waals surface area contributed by atoms with Crippen molar-refractivity contribution in [1.82, 2.24) is 39.7 Å². The molecule has 21 rings (SSSR count). The van der Waals surface area contributed by atoms with Crippen LogP contribution in [0, 0.1) is 27.7 Å². The van der Waals surface area contributed by atoms with Crippen LogP contribution in [0.25, 0.3) is 74.1 Å². The summed E-state index contributed by atoms with van der Waals surface area (Å²) in [6.07, 6.45) is 0. The van der Waals surface area contributed by atoms with Gasteiger partial charge in [0.1, 0.15) is 73.8 Å². The van der Waals surface area contributed by atoms with Crippen LogP contribution in [-0.4, -0.2) is 297 Å². The number of hydrogen-bond donors (Lipinski definition) is 8. The van der Waals surface area contributed by atoms with Crippen molar-refractivity contribution in [2.24, 2.45) is 34.9 Å². The third-order valence-corrected chi connectivity index (χ3v) is 33.2. The first kappa shape index (κ1) is 107. The van der Waals surface area contributed by atoms with Gasteiger partial charge in [0.05, 0.1) is 98.9 Å². The molecule has 14 aromatic rings. The van der Waals surface area contributed by atoms with Gasteiger partial charge in [-0.2, -0.15) is 0 Å². The number of pyridine rings is 3. The third-order valence-electron chi connectivity index (χ3n) is 22.3. The van der Waals surface area contributed by atoms with Crippen molar-refractivity contribution in [3.8, 4) is 23.0 Å². The molecule has 7 aliphatic rings. The van der Waals surface area contributed by atoms with E-state index < -0.39 is 84.1 Å². The lowest BCUT2D eigenvalue weighted by Crippen LogP contribution is -2.17. The van der Waals surface area contributed by atoms with Gasteiger partial charge >= 0.3 is 41.8 Å². The predicted molar refractivity (Wildman–Crippen MR) is 587 cm³/mol. The minimum absolute atomic E-state index is 0.0731. The quantitative estimate of drug-likeness (QED) is 0.0295. The van der Waals surface area contributed by atoms with E-state index in [0.717, 1.165) is 168 Å². The Morgan fingerprint density at radius 2 is 0.690 bits per heavy atom. The topological polar surface area (TPSA) is 489 Å². The van der Waals surface area contributed by atoms with Crippen LogP contribution < -0.4 is 18.9 Å². The molecule has 0 aliphatic carbocycles. The first-order chi connectivity index (χ1) is 69.5. The summed E-state index contributed by atoms with van der Waals surface area (Å²) < 4.78 is 24.1. The normalized spacial score (nSPS) is 18.1. The maximum Gasteiger partial charge on any atom is 0.329 e. The smallest absolute Gasteiger partial charge is 0.329 e. The number of thiazole rings is 3. The number of nitrogens with zero attached hydrogens (tertiary/aromatic N) is 15. The molecule has 0 saturated carbocycles. The Morgan fingerprint density at radius 1 is 0.324 bits per heavy atom. The van der Waals surface area contributed by atoms with Crippen LogP contribution in [0.4, 0.5) is 0 Å². The molecule has 0 spiro atoms. The monoisotopic (exact) mass is 2140 g/mol. The summed E-state index contributed by atoms with van der Waals surface area (Å²) in [6, 6.07) is 46.6. The zero-order valence-corrected chi connectivity index (χ0v) is 88.1. The fourth-order valence-corrected chi connectivity index (χ4v) is 25.9. The first-order valence-corrected chi connectivity index (χ1v) is 54.0. The lowest BCUT2D eigenvalue weighted by Gasteiger charge is -2.14. The van der Waals surface area contributed by atoms with Gasteiger partial charge in [-0.3, -0.25) is 34.9 Å². The molecule has 7 aliphatic heterocycles. The second kappa shape index (κ2) is 48.2. The maximum atomic E-state index is 11.1. The van der Waals surface area contributed by atoms with E-state index in [0.29, 0.717) is 71.7 Å². The Kier molecular flexibility index (Phi) is 35.4. The number of aliphatic hydroxyl groups excluding tert-OH is 1. The van der Waals surface area contributed by atoms with Crippen LogP contribution in [-0.2, 0) is 53.3 Å². The standard InChI is InChI=1S/C17H19N3O3S.C15H17N3O2S2.C15H13NO3S.C14H12N2O3S.C14H12N2O2S.C13H12N2O4S2.C13H12N2O2S2/c1-20(2)8-10-6-14(16-19-15(9-24-16)17(21)22)18-13-5-4-11(23-3)7-12(10)13;1-8-4-9(6-18(2)3)12-11(5-8)22-14(17-12)13-16-10(7-21-13)15(19)20;1-19-12-5-4-9-6-11(3-2-10(9)7-12)14-16-13(8-20-14)15(17)18;1-19-9-3-5-10-8(6-9)2-4-11(15-10)13-16-12(7-20-13)14(17)18;1-8-2-4-10-9(6-8)3-5-11(15-10)13-16-12(7-19-13)14(17)18;1-19-8-2-6(4-16)3-9-10(8)15-12(21-9)11-14-7(5-20-11)13(17)18;1-6-3-7(2)10-9(4-6)19-12(15-10)11-14-8(5-18-11)13(16)17/h4-7,15H,8-9H2,1-3H3,(H,21,22);4-5,10H,6-7H2,1-3H3,(H,19,20);2-7,13H,8H2,1H3,(H,17,18);2-6,12H,7H2,1H3,(H,17,18);2-6,12H,7H2,1H3,(H,17,18);2-3,7,16H,4-5H2,1H3,(H,17,18);3-4,8H,5H2,1-2H3,(H,16,17)/t15-;10-;13-;2*12-;7-;8-/m1100111/s1. The first-order valence-electron chi connectivity index (χ1n) is 44.7. The molecule has 0 unspecified atom stereocenters. The predicted octanol–water partition coefficient (Wildman–Crippen LogP) is 16.9. The molecule has 7 atom stereocenters. The minimum Gasteiger partial charge on any atom is -0.497 e. The van der Waals surface area contributed by atoms with Gasteiger partial charge < -0.3 is 69.6 Å². The molecule has 8 N–H and O–H groups in total. The molecule has 0 fully saturated rings. The molecule has 750 valence electrons. The zero-order chi connectivity index (χ0) is 103. The minimum atomic E-state index is -0.918. The summed E-state index contributed by atoms with van der Waals surface area (Å²) in [5.74, 6) is 0.144. The molecule has 145 heavy (non-hydrogen) atoms. The second-order valence-corrected chi connectivity index (χ2v) is 44.0. The van der Waals surface area contributed by atoms with Gasteiger partial charge in [-0.15, -0.1) is 116 Å². The molecule has 13 heterocycles. The van der Waals surface area contributed by atoms with Crippen molar-refractivity contribution in [3.05, 3.63) is 234 Å². The van der Waals surface area contributed by atoms with Crippen LogP contribution in [0.2, 0.25) is 0 Å².